The summed E-state index contributed by atoms with van der Waals surface area (Å²) in [6, 6.07) is 7.13. The van der Waals surface area contributed by atoms with Gasteiger partial charge in [0.2, 0.25) is 5.91 Å². The van der Waals surface area contributed by atoms with Gasteiger partial charge in [0, 0.05) is 23.2 Å². The van der Waals surface area contributed by atoms with Crippen LogP contribution in [0.25, 0.3) is 0 Å². The first-order valence-corrected chi connectivity index (χ1v) is 8.79. The molecule has 0 bridgehead atoms. The summed E-state index contributed by atoms with van der Waals surface area (Å²) in [6.07, 6.45) is 2.88. The molecule has 0 unspecified atom stereocenters. The molecular weight excluding hydrogens is 322 g/mol. The summed E-state index contributed by atoms with van der Waals surface area (Å²) >= 11 is 1.40. The number of rotatable bonds is 5. The fraction of sp³-hybridized carbons (Fsp3) is 0.389. The van der Waals surface area contributed by atoms with Crippen LogP contribution in [0, 0.1) is 0 Å². The lowest BCUT2D eigenvalue weighted by Gasteiger charge is -2.13. The van der Waals surface area contributed by atoms with E-state index in [-0.39, 0.29) is 17.2 Å². The largest absolute Gasteiger partial charge is 0.326 e. The summed E-state index contributed by atoms with van der Waals surface area (Å²) < 4.78 is 0. The SMILES string of the molecule is CCCC(=O)Nc1cccc(NC(=O)c2cnc(C(C)(C)C)s2)c1. The van der Waals surface area contributed by atoms with E-state index in [9.17, 15) is 9.59 Å². The molecule has 0 saturated heterocycles. The molecule has 0 aliphatic heterocycles. The number of hydrogen-bond acceptors (Lipinski definition) is 4. The number of aromatic nitrogens is 1. The molecule has 24 heavy (non-hydrogen) atoms. The van der Waals surface area contributed by atoms with Crippen LogP contribution < -0.4 is 10.6 Å². The maximum atomic E-state index is 12.4. The predicted octanol–water partition coefficient (Wildman–Crippen LogP) is 4.43. The van der Waals surface area contributed by atoms with E-state index in [1.807, 2.05) is 6.92 Å². The van der Waals surface area contributed by atoms with Crippen molar-refractivity contribution in [1.29, 1.82) is 0 Å². The zero-order valence-corrected chi connectivity index (χ0v) is 15.3. The quantitative estimate of drug-likeness (QED) is 0.842. The highest BCUT2D eigenvalue weighted by Crippen LogP contribution is 2.27. The lowest BCUT2D eigenvalue weighted by atomic mass is 9.98. The van der Waals surface area contributed by atoms with Crippen molar-refractivity contribution >= 4 is 34.5 Å². The molecule has 0 aliphatic carbocycles. The van der Waals surface area contributed by atoms with Crippen molar-refractivity contribution in [2.24, 2.45) is 0 Å². The highest BCUT2D eigenvalue weighted by molar-refractivity contribution is 7.13. The Bertz CT molecular complexity index is 732. The Morgan fingerprint density at radius 1 is 1.17 bits per heavy atom. The third-order valence-corrected chi connectivity index (χ3v) is 4.67. The first-order chi connectivity index (χ1) is 11.3. The lowest BCUT2D eigenvalue weighted by molar-refractivity contribution is -0.116. The van der Waals surface area contributed by atoms with Crippen LogP contribution in [-0.2, 0) is 10.2 Å². The van der Waals surface area contributed by atoms with Crippen molar-refractivity contribution < 1.29 is 9.59 Å². The summed E-state index contributed by atoms with van der Waals surface area (Å²) in [7, 11) is 0. The normalized spacial score (nSPS) is 11.2. The molecule has 6 heteroatoms. The zero-order chi connectivity index (χ0) is 17.7. The third-order valence-electron chi connectivity index (χ3n) is 3.25. The Morgan fingerprint density at radius 3 is 2.42 bits per heavy atom. The molecule has 2 N–H and O–H groups in total. The Morgan fingerprint density at radius 2 is 1.83 bits per heavy atom. The minimum Gasteiger partial charge on any atom is -0.326 e. The van der Waals surface area contributed by atoms with E-state index >= 15 is 0 Å². The maximum Gasteiger partial charge on any atom is 0.267 e. The minimum atomic E-state index is -0.194. The van der Waals surface area contributed by atoms with Gasteiger partial charge in [-0.15, -0.1) is 11.3 Å². The van der Waals surface area contributed by atoms with Crippen molar-refractivity contribution in [1.82, 2.24) is 4.98 Å². The van der Waals surface area contributed by atoms with Gasteiger partial charge in [-0.25, -0.2) is 4.98 Å². The molecule has 0 spiro atoms. The molecule has 0 saturated carbocycles. The number of benzene rings is 1. The van der Waals surface area contributed by atoms with E-state index in [1.165, 1.54) is 11.3 Å². The van der Waals surface area contributed by atoms with Gasteiger partial charge in [-0.2, -0.15) is 0 Å². The van der Waals surface area contributed by atoms with Crippen LogP contribution in [0.2, 0.25) is 0 Å². The third kappa shape index (κ3) is 4.89. The van der Waals surface area contributed by atoms with Gasteiger partial charge < -0.3 is 10.6 Å². The molecule has 1 aromatic heterocycles. The number of anilines is 2. The van der Waals surface area contributed by atoms with Crippen LogP contribution in [-0.4, -0.2) is 16.8 Å². The Labute approximate surface area is 146 Å². The van der Waals surface area contributed by atoms with Crippen molar-refractivity contribution in [3.05, 3.63) is 40.3 Å². The van der Waals surface area contributed by atoms with E-state index in [0.717, 1.165) is 11.4 Å². The van der Waals surface area contributed by atoms with E-state index < -0.39 is 0 Å². The van der Waals surface area contributed by atoms with Gasteiger partial charge in [0.15, 0.2) is 0 Å². The number of hydrogen-bond donors (Lipinski definition) is 2. The summed E-state index contributed by atoms with van der Waals surface area (Å²) in [5, 5.41) is 6.59. The summed E-state index contributed by atoms with van der Waals surface area (Å²) in [6.45, 7) is 8.15. The van der Waals surface area contributed by atoms with Gasteiger partial charge >= 0.3 is 0 Å². The summed E-state index contributed by atoms with van der Waals surface area (Å²) in [4.78, 5) is 28.9. The smallest absolute Gasteiger partial charge is 0.267 e. The zero-order valence-electron chi connectivity index (χ0n) is 14.5. The molecule has 5 nitrogen and oxygen atoms in total. The van der Waals surface area contributed by atoms with Gasteiger partial charge in [-0.1, -0.05) is 33.8 Å². The van der Waals surface area contributed by atoms with E-state index in [4.69, 9.17) is 0 Å². The van der Waals surface area contributed by atoms with Crippen molar-refractivity contribution in [2.75, 3.05) is 10.6 Å². The molecule has 2 rings (SSSR count). The first-order valence-electron chi connectivity index (χ1n) is 7.97. The molecule has 1 heterocycles. The number of amides is 2. The van der Waals surface area contributed by atoms with Gasteiger partial charge in [0.1, 0.15) is 4.88 Å². The van der Waals surface area contributed by atoms with E-state index in [2.05, 4.69) is 36.4 Å². The predicted molar refractivity (Wildman–Crippen MR) is 98.7 cm³/mol. The van der Waals surface area contributed by atoms with Gasteiger partial charge in [0.05, 0.1) is 11.2 Å². The molecule has 0 radical (unpaired) electrons. The van der Waals surface area contributed by atoms with E-state index in [1.54, 1.807) is 30.5 Å². The Kier molecular flexibility index (Phi) is 5.72. The molecule has 1 aromatic carbocycles. The van der Waals surface area contributed by atoms with Crippen molar-refractivity contribution in [3.63, 3.8) is 0 Å². The number of carbonyl (C=O) groups is 2. The molecule has 2 aromatic rings. The Hall–Kier alpha value is -2.21. The average molecular weight is 345 g/mol. The molecular formula is C18H23N3O2S. The summed E-state index contributed by atoms with van der Waals surface area (Å²) in [5.41, 5.74) is 1.23. The van der Waals surface area contributed by atoms with Crippen LogP contribution in [0.3, 0.4) is 0 Å². The monoisotopic (exact) mass is 345 g/mol. The minimum absolute atomic E-state index is 0.0294. The fourth-order valence-electron chi connectivity index (χ4n) is 2.04. The second-order valence-corrected chi connectivity index (χ2v) is 7.64. The lowest BCUT2D eigenvalue weighted by Crippen LogP contribution is -2.13. The Balaban J connectivity index is 2.06. The van der Waals surface area contributed by atoms with Gasteiger partial charge in [-0.05, 0) is 24.6 Å². The number of thiazole rings is 1. The van der Waals surface area contributed by atoms with Gasteiger partial charge in [-0.3, -0.25) is 9.59 Å². The number of nitrogens with one attached hydrogen (secondary N) is 2. The molecule has 128 valence electrons. The topological polar surface area (TPSA) is 71.1 Å². The number of nitrogens with zero attached hydrogens (tertiary/aromatic N) is 1. The fourth-order valence-corrected chi connectivity index (χ4v) is 2.91. The van der Waals surface area contributed by atoms with Crippen LogP contribution in [0.15, 0.2) is 30.5 Å². The molecule has 0 aliphatic rings. The van der Waals surface area contributed by atoms with Crippen molar-refractivity contribution in [3.8, 4) is 0 Å². The van der Waals surface area contributed by atoms with Crippen LogP contribution >= 0.6 is 11.3 Å². The molecule has 2 amide bonds. The maximum absolute atomic E-state index is 12.4. The van der Waals surface area contributed by atoms with Crippen LogP contribution in [0.4, 0.5) is 11.4 Å². The van der Waals surface area contributed by atoms with Crippen LogP contribution in [0.5, 0.6) is 0 Å². The molecule has 0 fully saturated rings. The average Bonchev–Trinajstić information content (AvgIpc) is 2.97. The van der Waals surface area contributed by atoms with Gasteiger partial charge in [0.25, 0.3) is 5.91 Å². The second-order valence-electron chi connectivity index (χ2n) is 6.61. The van der Waals surface area contributed by atoms with Crippen LogP contribution in [0.1, 0.15) is 55.2 Å². The highest BCUT2D eigenvalue weighted by Gasteiger charge is 2.20. The first kappa shape index (κ1) is 18.1. The highest BCUT2D eigenvalue weighted by atomic mass is 32.1. The van der Waals surface area contributed by atoms with Crippen molar-refractivity contribution in [2.45, 2.75) is 46.0 Å². The second kappa shape index (κ2) is 7.57. The molecule has 0 atom stereocenters. The number of carbonyl (C=O) groups excluding carboxylic acids is 2. The summed E-state index contributed by atoms with van der Waals surface area (Å²) in [5.74, 6) is -0.224. The van der Waals surface area contributed by atoms with E-state index in [0.29, 0.717) is 22.7 Å². The standard InChI is InChI=1S/C18H23N3O2S/c1-5-7-15(22)20-12-8-6-9-13(10-12)21-16(23)14-11-19-17(24-14)18(2,3)4/h6,8-11H,5,7H2,1-4H3,(H,20,22)(H,21,23).